The van der Waals surface area contributed by atoms with E-state index in [1.54, 1.807) is 5.10 Å². The first kappa shape index (κ1) is 15.3. The maximum Gasteiger partial charge on any atom is 0.423 e. The highest BCUT2D eigenvalue weighted by Crippen LogP contribution is 2.39. The van der Waals surface area contributed by atoms with Crippen LogP contribution >= 0.6 is 0 Å². The van der Waals surface area contributed by atoms with Gasteiger partial charge in [-0.1, -0.05) is 0 Å². The molecule has 1 aromatic carbocycles. The van der Waals surface area contributed by atoms with Crippen molar-refractivity contribution in [3.8, 4) is 5.75 Å². The molecule has 1 N–H and O–H groups in total. The lowest BCUT2D eigenvalue weighted by atomic mass is 10.1. The van der Waals surface area contributed by atoms with Crippen molar-refractivity contribution < 1.29 is 22.3 Å². The molecule has 0 amide bonds. The average Bonchev–Trinajstić information content (AvgIpc) is 2.88. The van der Waals surface area contributed by atoms with Gasteiger partial charge in [-0.05, 0) is 11.6 Å². The smallest absolute Gasteiger partial charge is 0.423 e. The van der Waals surface area contributed by atoms with E-state index >= 15 is 0 Å². The molecule has 0 saturated heterocycles. The van der Waals surface area contributed by atoms with Crippen LogP contribution in [0.2, 0.25) is 0 Å². The standard InChI is InChI=1S/C14H11F4N3O2/c1-23-11-3-8(15)2-7-5-21(6-9(7)11)10-4-19-20-13(22)12(10)14(16,17)18/h2-4H,5-6H2,1H3,(H,20,22). The van der Waals surface area contributed by atoms with E-state index in [0.717, 1.165) is 6.20 Å². The van der Waals surface area contributed by atoms with Gasteiger partial charge in [-0.2, -0.15) is 18.3 Å². The number of halogens is 4. The van der Waals surface area contributed by atoms with E-state index in [9.17, 15) is 22.4 Å². The van der Waals surface area contributed by atoms with Crippen molar-refractivity contribution in [1.29, 1.82) is 0 Å². The van der Waals surface area contributed by atoms with Gasteiger partial charge in [0.05, 0.1) is 19.0 Å². The number of methoxy groups -OCH3 is 1. The molecule has 0 bridgehead atoms. The highest BCUT2D eigenvalue weighted by Gasteiger charge is 2.39. The zero-order valence-corrected chi connectivity index (χ0v) is 11.9. The van der Waals surface area contributed by atoms with E-state index in [-0.39, 0.29) is 24.5 Å². The average molecular weight is 329 g/mol. The molecule has 0 aliphatic carbocycles. The van der Waals surface area contributed by atoms with Crippen LogP contribution in [0.3, 0.4) is 0 Å². The summed E-state index contributed by atoms with van der Waals surface area (Å²) in [7, 11) is 1.35. The molecule has 3 rings (SSSR count). The molecule has 0 unspecified atom stereocenters. The molecule has 9 heteroatoms. The van der Waals surface area contributed by atoms with Gasteiger partial charge in [0.2, 0.25) is 0 Å². The first-order chi connectivity index (χ1) is 10.8. The number of H-pyrrole nitrogens is 1. The third-order valence-corrected chi connectivity index (χ3v) is 3.66. The zero-order chi connectivity index (χ0) is 16.8. The molecule has 23 heavy (non-hydrogen) atoms. The lowest BCUT2D eigenvalue weighted by Crippen LogP contribution is -2.28. The minimum absolute atomic E-state index is 0.0255. The number of rotatable bonds is 2. The number of hydrogen-bond acceptors (Lipinski definition) is 4. The maximum atomic E-state index is 13.5. The predicted molar refractivity (Wildman–Crippen MR) is 72.7 cm³/mol. The van der Waals surface area contributed by atoms with Gasteiger partial charge >= 0.3 is 6.18 Å². The summed E-state index contributed by atoms with van der Waals surface area (Å²) < 4.78 is 58.0. The van der Waals surface area contributed by atoms with Gasteiger partial charge in [0, 0.05) is 24.7 Å². The van der Waals surface area contributed by atoms with Crippen LogP contribution in [-0.4, -0.2) is 17.3 Å². The van der Waals surface area contributed by atoms with E-state index in [0.29, 0.717) is 11.1 Å². The van der Waals surface area contributed by atoms with Crippen molar-refractivity contribution in [3.63, 3.8) is 0 Å². The molecule has 0 spiro atoms. The number of hydrogen-bond donors (Lipinski definition) is 1. The molecule has 0 saturated carbocycles. The van der Waals surface area contributed by atoms with Crippen LogP contribution in [0.15, 0.2) is 23.1 Å². The number of aromatic amines is 1. The molecule has 5 nitrogen and oxygen atoms in total. The van der Waals surface area contributed by atoms with Crippen LogP contribution < -0.4 is 15.2 Å². The van der Waals surface area contributed by atoms with Crippen LogP contribution in [0.25, 0.3) is 0 Å². The maximum absolute atomic E-state index is 13.5. The molecule has 1 aromatic heterocycles. The van der Waals surface area contributed by atoms with Gasteiger partial charge in [-0.25, -0.2) is 9.49 Å². The van der Waals surface area contributed by atoms with Crippen LogP contribution in [0.4, 0.5) is 23.2 Å². The van der Waals surface area contributed by atoms with E-state index in [1.165, 1.54) is 24.1 Å². The van der Waals surface area contributed by atoms with E-state index < -0.39 is 23.1 Å². The van der Waals surface area contributed by atoms with Gasteiger partial charge in [0.1, 0.15) is 17.1 Å². The quantitative estimate of drug-likeness (QED) is 0.860. The summed E-state index contributed by atoms with van der Waals surface area (Å²) in [6, 6.07) is 2.41. The normalized spacial score (nSPS) is 14.0. The summed E-state index contributed by atoms with van der Waals surface area (Å²) in [6.07, 6.45) is -3.88. The number of nitrogens with zero attached hydrogens (tertiary/aromatic N) is 2. The molecule has 1 aliphatic rings. The molecule has 0 fully saturated rings. The first-order valence-corrected chi connectivity index (χ1v) is 6.56. The summed E-state index contributed by atoms with van der Waals surface area (Å²) in [5.41, 5.74) is -1.89. The zero-order valence-electron chi connectivity index (χ0n) is 11.9. The molecule has 2 heterocycles. The summed E-state index contributed by atoms with van der Waals surface area (Å²) in [4.78, 5) is 12.9. The second-order valence-electron chi connectivity index (χ2n) is 5.06. The van der Waals surface area contributed by atoms with Gasteiger partial charge < -0.3 is 9.64 Å². The largest absolute Gasteiger partial charge is 0.496 e. The van der Waals surface area contributed by atoms with Crippen molar-refractivity contribution in [1.82, 2.24) is 10.2 Å². The van der Waals surface area contributed by atoms with E-state index in [1.807, 2.05) is 0 Å². The summed E-state index contributed by atoms with van der Waals surface area (Å²) in [5.74, 6) is -0.281. The fourth-order valence-corrected chi connectivity index (χ4v) is 2.69. The van der Waals surface area contributed by atoms with Gasteiger partial charge in [-0.3, -0.25) is 4.79 Å². The third-order valence-electron chi connectivity index (χ3n) is 3.66. The number of nitrogens with one attached hydrogen (secondary N) is 1. The fraction of sp³-hybridized carbons (Fsp3) is 0.286. The van der Waals surface area contributed by atoms with Crippen molar-refractivity contribution >= 4 is 5.69 Å². The van der Waals surface area contributed by atoms with Crippen LogP contribution in [0.1, 0.15) is 16.7 Å². The Bertz CT molecular complexity index is 817. The Balaban J connectivity index is 2.07. The van der Waals surface area contributed by atoms with Crippen molar-refractivity contribution in [2.75, 3.05) is 12.0 Å². The number of ether oxygens (including phenoxy) is 1. The molecule has 0 atom stereocenters. The Hall–Kier alpha value is -2.58. The Labute approximate surface area is 127 Å². The van der Waals surface area contributed by atoms with E-state index in [4.69, 9.17) is 4.74 Å². The Morgan fingerprint density at radius 2 is 2.04 bits per heavy atom. The van der Waals surface area contributed by atoms with Crippen LogP contribution in [0, 0.1) is 5.82 Å². The highest BCUT2D eigenvalue weighted by atomic mass is 19.4. The predicted octanol–water partition coefficient (Wildman–Crippen LogP) is 2.46. The van der Waals surface area contributed by atoms with Crippen LogP contribution in [0.5, 0.6) is 5.75 Å². The minimum atomic E-state index is -4.82. The fourth-order valence-electron chi connectivity index (χ4n) is 2.69. The monoisotopic (exact) mass is 329 g/mol. The van der Waals surface area contributed by atoms with Crippen LogP contribution in [-0.2, 0) is 19.3 Å². The Kier molecular flexibility index (Phi) is 3.50. The Morgan fingerprint density at radius 1 is 1.30 bits per heavy atom. The SMILES string of the molecule is COc1cc(F)cc2c1CN(c1cn[nH]c(=O)c1C(F)(F)F)C2. The molecule has 0 radical (unpaired) electrons. The number of aromatic nitrogens is 2. The lowest BCUT2D eigenvalue weighted by molar-refractivity contribution is -0.138. The van der Waals surface area contributed by atoms with Gasteiger partial charge in [0.15, 0.2) is 0 Å². The second kappa shape index (κ2) is 5.25. The number of anilines is 1. The third kappa shape index (κ3) is 2.62. The summed E-state index contributed by atoms with van der Waals surface area (Å²) >= 11 is 0. The second-order valence-corrected chi connectivity index (χ2v) is 5.06. The first-order valence-electron chi connectivity index (χ1n) is 6.56. The minimum Gasteiger partial charge on any atom is -0.496 e. The Morgan fingerprint density at radius 3 is 2.70 bits per heavy atom. The molecular weight excluding hydrogens is 318 g/mol. The molecule has 122 valence electrons. The lowest BCUT2D eigenvalue weighted by Gasteiger charge is -2.21. The number of fused-ring (bicyclic) bond motifs is 1. The van der Waals surface area contributed by atoms with Gasteiger partial charge in [0.25, 0.3) is 5.56 Å². The molecule has 2 aromatic rings. The topological polar surface area (TPSA) is 58.2 Å². The number of alkyl halides is 3. The number of benzene rings is 1. The van der Waals surface area contributed by atoms with Crippen molar-refractivity contribution in [2.45, 2.75) is 19.3 Å². The molecule has 1 aliphatic heterocycles. The highest BCUT2D eigenvalue weighted by molar-refractivity contribution is 5.58. The molecular formula is C14H11F4N3O2. The van der Waals surface area contributed by atoms with E-state index in [2.05, 4.69) is 5.10 Å². The van der Waals surface area contributed by atoms with Gasteiger partial charge in [-0.15, -0.1) is 0 Å². The van der Waals surface area contributed by atoms with Crippen molar-refractivity contribution in [3.05, 3.63) is 51.2 Å². The van der Waals surface area contributed by atoms with Crippen molar-refractivity contribution in [2.24, 2.45) is 0 Å². The summed E-state index contributed by atoms with van der Waals surface area (Å²) in [5, 5.41) is 5.23. The summed E-state index contributed by atoms with van der Waals surface area (Å²) in [6.45, 7) is 0.0880.